The molecule has 0 spiro atoms. The lowest BCUT2D eigenvalue weighted by Crippen LogP contribution is -2.29. The molecule has 11 heteroatoms. The average Bonchev–Trinajstić information content (AvgIpc) is 3.57. The van der Waals surface area contributed by atoms with Crippen LogP contribution in [0.4, 0.5) is 11.6 Å². The summed E-state index contributed by atoms with van der Waals surface area (Å²) < 4.78 is 13.4. The Bertz CT molecular complexity index is 1190. The van der Waals surface area contributed by atoms with Gasteiger partial charge in [0.15, 0.2) is 11.5 Å². The van der Waals surface area contributed by atoms with Crippen LogP contribution in [-0.2, 0) is 11.8 Å². The Kier molecular flexibility index (Phi) is 5.99. The quantitative estimate of drug-likeness (QED) is 0.510. The number of aryl methyl sites for hydroxylation is 2. The number of aromatic nitrogens is 6. The molecule has 3 aromatic rings. The van der Waals surface area contributed by atoms with Crippen LogP contribution in [0.3, 0.4) is 0 Å². The van der Waals surface area contributed by atoms with Crippen LogP contribution in [0.5, 0.6) is 11.8 Å². The molecule has 3 heterocycles. The van der Waals surface area contributed by atoms with Gasteiger partial charge in [-0.2, -0.15) is 4.98 Å². The fraction of sp³-hybridized carbons (Fsp3) is 0.478. The summed E-state index contributed by atoms with van der Waals surface area (Å²) in [5.74, 6) is 0.746. The van der Waals surface area contributed by atoms with Gasteiger partial charge in [-0.15, -0.1) is 5.10 Å². The number of aliphatic carboxylic acids is 1. The number of anilines is 2. The van der Waals surface area contributed by atoms with E-state index in [-0.39, 0.29) is 18.1 Å². The highest BCUT2D eigenvalue weighted by molar-refractivity contribution is 5.72. The molecule has 0 aliphatic heterocycles. The maximum absolute atomic E-state index is 11.4. The first-order valence-corrected chi connectivity index (χ1v) is 11.5. The van der Waals surface area contributed by atoms with Gasteiger partial charge in [0, 0.05) is 13.2 Å². The Balaban J connectivity index is 1.33. The Morgan fingerprint density at radius 2 is 1.97 bits per heavy atom. The van der Waals surface area contributed by atoms with E-state index in [1.807, 2.05) is 19.1 Å². The molecule has 0 amide bonds. The van der Waals surface area contributed by atoms with Crippen molar-refractivity contribution >= 4 is 17.6 Å². The molecule has 0 unspecified atom stereocenters. The second kappa shape index (κ2) is 9.24. The molecule has 178 valence electrons. The van der Waals surface area contributed by atoms with Gasteiger partial charge in [0.1, 0.15) is 17.7 Å². The molecule has 0 radical (unpaired) electrons. The van der Waals surface area contributed by atoms with Crippen molar-refractivity contribution in [3.8, 4) is 23.1 Å². The summed E-state index contributed by atoms with van der Waals surface area (Å²) in [4.78, 5) is 24.6. The summed E-state index contributed by atoms with van der Waals surface area (Å²) >= 11 is 0. The maximum Gasteiger partial charge on any atom is 0.318 e. The third-order valence-electron chi connectivity index (χ3n) is 6.05. The largest absolute Gasteiger partial charge is 0.489 e. The van der Waals surface area contributed by atoms with Crippen LogP contribution in [0.1, 0.15) is 44.2 Å². The van der Waals surface area contributed by atoms with Crippen molar-refractivity contribution < 1.29 is 19.4 Å². The molecular formula is C23H27N7O4. The molecule has 0 bridgehead atoms. The number of carboxylic acids is 1. The molecule has 0 aromatic carbocycles. The van der Waals surface area contributed by atoms with Crippen molar-refractivity contribution in [2.45, 2.75) is 57.7 Å². The molecule has 34 heavy (non-hydrogen) atoms. The second-order valence-corrected chi connectivity index (χ2v) is 8.80. The van der Waals surface area contributed by atoms with E-state index in [9.17, 15) is 9.90 Å². The molecular weight excluding hydrogens is 438 g/mol. The van der Waals surface area contributed by atoms with Crippen molar-refractivity contribution in [1.29, 1.82) is 0 Å². The Labute approximate surface area is 196 Å². The number of ether oxygens (including phenoxy) is 2. The fourth-order valence-corrected chi connectivity index (χ4v) is 4.05. The van der Waals surface area contributed by atoms with Gasteiger partial charge in [-0.3, -0.25) is 4.79 Å². The normalized spacial score (nSPS) is 20.1. The molecule has 11 nitrogen and oxygen atoms in total. The van der Waals surface area contributed by atoms with Crippen LogP contribution >= 0.6 is 0 Å². The molecule has 2 aliphatic carbocycles. The highest BCUT2D eigenvalue weighted by Gasteiger charge is 2.29. The second-order valence-electron chi connectivity index (χ2n) is 8.80. The van der Waals surface area contributed by atoms with Crippen LogP contribution in [0.15, 0.2) is 24.4 Å². The minimum absolute atomic E-state index is 0.125. The minimum Gasteiger partial charge on any atom is -0.489 e. The molecule has 5 rings (SSSR count). The van der Waals surface area contributed by atoms with Crippen molar-refractivity contribution in [1.82, 2.24) is 29.9 Å². The summed E-state index contributed by atoms with van der Waals surface area (Å²) in [6.45, 7) is 1.87. The number of hydrogen-bond acceptors (Lipinski definition) is 9. The minimum atomic E-state index is -0.754. The van der Waals surface area contributed by atoms with Crippen LogP contribution in [-0.4, -0.2) is 53.2 Å². The van der Waals surface area contributed by atoms with E-state index in [1.165, 1.54) is 0 Å². The third-order valence-corrected chi connectivity index (χ3v) is 6.05. The molecule has 3 aromatic heterocycles. The standard InChI is InChI=1S/C23H27N7O4/c1-13-18(33-16-5-3-4-14(12-16)22(31)32)9-8-17(25-13)20-21(30(2)29-28-20)26-19-10-11-24-23(27-19)34-15-6-7-15/h8-11,14-16H,3-7,12H2,1-2H3,(H,31,32)(H,24,26,27)/t14-,16-/m0/s1. The number of nitrogens with zero attached hydrogens (tertiary/aromatic N) is 6. The number of rotatable bonds is 8. The van der Waals surface area contributed by atoms with Gasteiger partial charge < -0.3 is 19.9 Å². The monoisotopic (exact) mass is 465 g/mol. The van der Waals surface area contributed by atoms with E-state index in [2.05, 4.69) is 30.6 Å². The zero-order valence-electron chi connectivity index (χ0n) is 19.1. The molecule has 2 aliphatic rings. The Morgan fingerprint density at radius 3 is 2.74 bits per heavy atom. The summed E-state index contributed by atoms with van der Waals surface area (Å²) in [5, 5.41) is 21.0. The lowest BCUT2D eigenvalue weighted by atomic mass is 9.87. The molecule has 2 saturated carbocycles. The van der Waals surface area contributed by atoms with Crippen molar-refractivity contribution in [3.05, 3.63) is 30.1 Å². The molecule has 2 atom stereocenters. The first-order valence-electron chi connectivity index (χ1n) is 11.5. The number of hydrogen-bond donors (Lipinski definition) is 2. The van der Waals surface area contributed by atoms with E-state index in [0.717, 1.165) is 25.7 Å². The lowest BCUT2D eigenvalue weighted by molar-refractivity contribution is -0.143. The molecule has 2 N–H and O–H groups in total. The lowest BCUT2D eigenvalue weighted by Gasteiger charge is -2.27. The third kappa shape index (κ3) is 4.92. The van der Waals surface area contributed by atoms with Crippen LogP contribution in [0, 0.1) is 12.8 Å². The molecule has 0 saturated heterocycles. The number of pyridine rings is 1. The van der Waals surface area contributed by atoms with Gasteiger partial charge in [-0.05, 0) is 63.6 Å². The smallest absolute Gasteiger partial charge is 0.318 e. The SMILES string of the molecule is Cc1nc(-c2nnn(C)c2Nc2ccnc(OC3CC3)n2)ccc1O[C@H]1CCC[C@H](C(=O)O)C1. The topological polar surface area (TPSA) is 137 Å². The van der Waals surface area contributed by atoms with Crippen molar-refractivity contribution in [2.75, 3.05) is 5.32 Å². The molecule has 2 fully saturated rings. The van der Waals surface area contributed by atoms with E-state index in [0.29, 0.717) is 53.3 Å². The summed E-state index contributed by atoms with van der Waals surface area (Å²) in [6.07, 6.45) is 6.69. The first-order chi connectivity index (χ1) is 16.5. The average molecular weight is 466 g/mol. The van der Waals surface area contributed by atoms with Gasteiger partial charge in [0.25, 0.3) is 0 Å². The van der Waals surface area contributed by atoms with E-state index in [1.54, 1.807) is 24.0 Å². The van der Waals surface area contributed by atoms with Crippen LogP contribution in [0.2, 0.25) is 0 Å². The highest BCUT2D eigenvalue weighted by Crippen LogP contribution is 2.32. The zero-order valence-corrected chi connectivity index (χ0v) is 19.1. The number of carbonyl (C=O) groups is 1. The van der Waals surface area contributed by atoms with Crippen molar-refractivity contribution in [3.63, 3.8) is 0 Å². The zero-order chi connectivity index (χ0) is 23.7. The van der Waals surface area contributed by atoms with Gasteiger partial charge in [0.2, 0.25) is 0 Å². The fourth-order valence-electron chi connectivity index (χ4n) is 4.05. The summed E-state index contributed by atoms with van der Waals surface area (Å²) in [6, 6.07) is 5.77. The van der Waals surface area contributed by atoms with Gasteiger partial charge in [-0.1, -0.05) is 5.21 Å². The van der Waals surface area contributed by atoms with Crippen LogP contribution in [0.25, 0.3) is 11.4 Å². The van der Waals surface area contributed by atoms with E-state index < -0.39 is 5.97 Å². The predicted octanol–water partition coefficient (Wildman–Crippen LogP) is 3.28. The predicted molar refractivity (Wildman–Crippen MR) is 122 cm³/mol. The summed E-state index contributed by atoms with van der Waals surface area (Å²) in [5.41, 5.74) is 1.91. The number of carboxylic acid groups (broad SMARTS) is 1. The summed E-state index contributed by atoms with van der Waals surface area (Å²) in [7, 11) is 1.79. The van der Waals surface area contributed by atoms with Gasteiger partial charge in [0.05, 0.1) is 23.4 Å². The highest BCUT2D eigenvalue weighted by atomic mass is 16.5. The Morgan fingerprint density at radius 1 is 1.12 bits per heavy atom. The van der Waals surface area contributed by atoms with Gasteiger partial charge >= 0.3 is 12.0 Å². The maximum atomic E-state index is 11.4. The van der Waals surface area contributed by atoms with E-state index in [4.69, 9.17) is 9.47 Å². The first kappa shape index (κ1) is 22.1. The number of nitrogens with one attached hydrogen (secondary N) is 1. The Hall–Kier alpha value is -3.76. The van der Waals surface area contributed by atoms with Crippen LogP contribution < -0.4 is 14.8 Å². The van der Waals surface area contributed by atoms with Crippen molar-refractivity contribution in [2.24, 2.45) is 13.0 Å². The van der Waals surface area contributed by atoms with Gasteiger partial charge in [-0.25, -0.2) is 14.6 Å². The van der Waals surface area contributed by atoms with E-state index >= 15 is 0 Å².